The van der Waals surface area contributed by atoms with Gasteiger partial charge in [0, 0.05) is 0 Å². The number of hydrogen-bond acceptors (Lipinski definition) is 6. The zero-order chi connectivity index (χ0) is 16.3. The quantitative estimate of drug-likeness (QED) is 0.655. The first-order chi connectivity index (χ1) is 10.3. The number of benzene rings is 1. The summed E-state index contributed by atoms with van der Waals surface area (Å²) in [4.78, 5) is 23.4. The third-order valence-electron chi connectivity index (χ3n) is 2.62. The summed E-state index contributed by atoms with van der Waals surface area (Å²) in [7, 11) is -4.08. The van der Waals surface area contributed by atoms with Crippen LogP contribution in [0.1, 0.15) is 20.0 Å². The van der Waals surface area contributed by atoms with E-state index in [1.807, 2.05) is 0 Å². The van der Waals surface area contributed by atoms with Gasteiger partial charge < -0.3 is 4.74 Å². The molecule has 22 heavy (non-hydrogen) atoms. The van der Waals surface area contributed by atoms with Gasteiger partial charge in [-0.3, -0.25) is 4.79 Å². The average molecular weight is 343 g/mol. The van der Waals surface area contributed by atoms with E-state index in [0.29, 0.717) is 4.88 Å². The van der Waals surface area contributed by atoms with E-state index in [-0.39, 0.29) is 0 Å². The molecule has 0 fully saturated rings. The Kier molecular flexibility index (Phi) is 4.69. The fourth-order valence-corrected chi connectivity index (χ4v) is 2.75. The zero-order valence-electron chi connectivity index (χ0n) is 11.0. The maximum absolute atomic E-state index is 13.6. The Morgan fingerprint density at radius 3 is 2.59 bits per heavy atom. The number of ketones is 1. The first-order valence-corrected chi connectivity index (χ1v) is 8.28. The highest BCUT2D eigenvalue weighted by molar-refractivity contribution is 7.89. The monoisotopic (exact) mass is 343 g/mol. The van der Waals surface area contributed by atoms with Crippen molar-refractivity contribution in [2.75, 3.05) is 6.61 Å². The van der Waals surface area contributed by atoms with Crippen molar-refractivity contribution in [3.05, 3.63) is 52.0 Å². The first-order valence-electron chi connectivity index (χ1n) is 5.85. The summed E-state index contributed by atoms with van der Waals surface area (Å²) < 4.78 is 40.7. The van der Waals surface area contributed by atoms with Gasteiger partial charge in [-0.2, -0.15) is 0 Å². The van der Waals surface area contributed by atoms with Gasteiger partial charge in [-0.1, -0.05) is 6.07 Å². The number of sulfonamides is 1. The molecule has 1 aromatic carbocycles. The fourth-order valence-electron chi connectivity index (χ4n) is 1.55. The number of ether oxygens (including phenoxy) is 1. The van der Waals surface area contributed by atoms with Crippen LogP contribution in [0.15, 0.2) is 40.6 Å². The summed E-state index contributed by atoms with van der Waals surface area (Å²) in [6, 6.07) is 5.70. The zero-order valence-corrected chi connectivity index (χ0v) is 12.6. The maximum atomic E-state index is 13.6. The van der Waals surface area contributed by atoms with Gasteiger partial charge in [0.15, 0.2) is 6.61 Å². The molecule has 0 aliphatic heterocycles. The van der Waals surface area contributed by atoms with Crippen LogP contribution in [0.5, 0.6) is 0 Å². The molecule has 6 nitrogen and oxygen atoms in total. The molecule has 0 radical (unpaired) electrons. The third-order valence-corrected chi connectivity index (χ3v) is 4.44. The highest BCUT2D eigenvalue weighted by Crippen LogP contribution is 2.16. The van der Waals surface area contributed by atoms with E-state index in [1.165, 1.54) is 11.3 Å². The maximum Gasteiger partial charge on any atom is 0.341 e. The molecule has 1 heterocycles. The van der Waals surface area contributed by atoms with E-state index >= 15 is 0 Å². The Balaban J connectivity index is 2.14. The van der Waals surface area contributed by atoms with Gasteiger partial charge in [0.25, 0.3) is 0 Å². The molecule has 0 aliphatic carbocycles. The van der Waals surface area contributed by atoms with Crippen LogP contribution in [0, 0.1) is 5.82 Å². The van der Waals surface area contributed by atoms with Gasteiger partial charge in [0.05, 0.1) is 15.3 Å². The largest absolute Gasteiger partial charge is 0.454 e. The van der Waals surface area contributed by atoms with Gasteiger partial charge in [0.1, 0.15) is 5.82 Å². The van der Waals surface area contributed by atoms with E-state index in [2.05, 4.69) is 0 Å². The number of halogens is 1. The molecule has 2 rings (SSSR count). The minimum absolute atomic E-state index is 0.395. The molecule has 0 amide bonds. The second-order valence-electron chi connectivity index (χ2n) is 4.16. The lowest BCUT2D eigenvalue weighted by Crippen LogP contribution is -2.17. The summed E-state index contributed by atoms with van der Waals surface area (Å²) in [5.41, 5.74) is -0.606. The summed E-state index contributed by atoms with van der Waals surface area (Å²) >= 11 is 1.18. The number of hydrogen-bond donors (Lipinski definition) is 1. The van der Waals surface area contributed by atoms with Gasteiger partial charge in [-0.15, -0.1) is 11.3 Å². The average Bonchev–Trinajstić information content (AvgIpc) is 2.97. The number of carbonyl (C=O) groups is 2. The van der Waals surface area contributed by atoms with Gasteiger partial charge >= 0.3 is 5.97 Å². The molecule has 0 bridgehead atoms. The normalized spacial score (nSPS) is 11.2. The SMILES string of the molecule is NS(=O)(=O)c1ccc(F)c(C(=O)OCC(=O)c2cccs2)c1. The van der Waals surface area contributed by atoms with Crippen LogP contribution < -0.4 is 5.14 Å². The second-order valence-corrected chi connectivity index (χ2v) is 6.67. The van der Waals surface area contributed by atoms with Crippen LogP contribution in [0.3, 0.4) is 0 Å². The van der Waals surface area contributed by atoms with Crippen molar-refractivity contribution < 1.29 is 27.1 Å². The van der Waals surface area contributed by atoms with Gasteiger partial charge in [0.2, 0.25) is 15.8 Å². The summed E-state index contributed by atoms with van der Waals surface area (Å²) in [6.45, 7) is -0.571. The lowest BCUT2D eigenvalue weighted by atomic mass is 10.2. The molecule has 2 aromatic rings. The Hall–Kier alpha value is -2.10. The molecule has 1 aromatic heterocycles. The van der Waals surface area contributed by atoms with Gasteiger partial charge in [-0.25, -0.2) is 22.7 Å². The fraction of sp³-hybridized carbons (Fsp3) is 0.0769. The minimum atomic E-state index is -4.08. The lowest BCUT2D eigenvalue weighted by Gasteiger charge is -2.06. The number of esters is 1. The van der Waals surface area contributed by atoms with Crippen LogP contribution >= 0.6 is 11.3 Å². The Morgan fingerprint density at radius 1 is 1.27 bits per heavy atom. The van der Waals surface area contributed by atoms with Crippen LogP contribution in [0.2, 0.25) is 0 Å². The summed E-state index contributed by atoms with van der Waals surface area (Å²) in [6.07, 6.45) is 0. The molecule has 9 heteroatoms. The number of carbonyl (C=O) groups excluding carboxylic acids is 2. The van der Waals surface area contributed by atoms with Crippen molar-refractivity contribution in [2.45, 2.75) is 4.90 Å². The van der Waals surface area contributed by atoms with Crippen molar-refractivity contribution >= 4 is 33.1 Å². The van der Waals surface area contributed by atoms with E-state index in [1.54, 1.807) is 17.5 Å². The van der Waals surface area contributed by atoms with Crippen molar-refractivity contribution in [2.24, 2.45) is 5.14 Å². The molecule has 0 spiro atoms. The van der Waals surface area contributed by atoms with Crippen LogP contribution in [0.4, 0.5) is 4.39 Å². The number of rotatable bonds is 5. The third kappa shape index (κ3) is 3.75. The van der Waals surface area contributed by atoms with E-state index in [9.17, 15) is 22.4 Å². The van der Waals surface area contributed by atoms with E-state index in [4.69, 9.17) is 9.88 Å². The Morgan fingerprint density at radius 2 is 2.00 bits per heavy atom. The van der Waals surface area contributed by atoms with Crippen LogP contribution in [-0.4, -0.2) is 26.8 Å². The minimum Gasteiger partial charge on any atom is -0.454 e. The molecule has 0 atom stereocenters. The lowest BCUT2D eigenvalue weighted by molar-refractivity contribution is 0.0471. The Bertz CT molecular complexity index is 815. The number of primary sulfonamides is 1. The molecule has 0 saturated carbocycles. The highest BCUT2D eigenvalue weighted by atomic mass is 32.2. The topological polar surface area (TPSA) is 104 Å². The predicted octanol–water partition coefficient (Wildman–Crippen LogP) is 1.57. The summed E-state index contributed by atoms with van der Waals surface area (Å²) in [5.74, 6) is -2.56. The van der Waals surface area contributed by atoms with Crippen molar-refractivity contribution in [1.29, 1.82) is 0 Å². The molecule has 0 unspecified atom stereocenters. The molecule has 116 valence electrons. The number of thiophene rings is 1. The number of Topliss-reactive ketones (excluding diaryl/α,β-unsaturated/α-hetero) is 1. The van der Waals surface area contributed by atoms with E-state index in [0.717, 1.165) is 18.2 Å². The van der Waals surface area contributed by atoms with E-state index < -0.39 is 44.7 Å². The summed E-state index contributed by atoms with van der Waals surface area (Å²) in [5, 5.41) is 6.59. The smallest absolute Gasteiger partial charge is 0.341 e. The second kappa shape index (κ2) is 6.34. The Labute approximate surface area is 129 Å². The predicted molar refractivity (Wildman–Crippen MR) is 76.7 cm³/mol. The number of nitrogens with two attached hydrogens (primary N) is 1. The highest BCUT2D eigenvalue weighted by Gasteiger charge is 2.19. The van der Waals surface area contributed by atoms with Crippen molar-refractivity contribution in [1.82, 2.24) is 0 Å². The first kappa shape index (κ1) is 16.3. The molecular weight excluding hydrogens is 333 g/mol. The van der Waals surface area contributed by atoms with Crippen LogP contribution in [-0.2, 0) is 14.8 Å². The molecule has 0 aliphatic rings. The molecule has 0 saturated heterocycles. The van der Waals surface area contributed by atoms with Crippen molar-refractivity contribution in [3.8, 4) is 0 Å². The van der Waals surface area contributed by atoms with Crippen molar-refractivity contribution in [3.63, 3.8) is 0 Å². The molecule has 2 N–H and O–H groups in total. The standard InChI is InChI=1S/C13H10FNO5S2/c14-10-4-3-8(22(15,18)19)6-9(10)13(17)20-7-11(16)12-2-1-5-21-12/h1-6H,7H2,(H2,15,18,19). The molecular formula is C13H10FNO5S2. The van der Waals surface area contributed by atoms with Crippen LogP contribution in [0.25, 0.3) is 0 Å². The van der Waals surface area contributed by atoms with Gasteiger partial charge in [-0.05, 0) is 29.6 Å².